The molecule has 0 radical (unpaired) electrons. The fourth-order valence-corrected chi connectivity index (χ4v) is 3.34. The van der Waals surface area contributed by atoms with Crippen molar-refractivity contribution >= 4 is 25.0 Å². The molecule has 3 aromatic rings. The summed E-state index contributed by atoms with van der Waals surface area (Å²) in [5, 5.41) is 0. The first kappa shape index (κ1) is 17.4. The van der Waals surface area contributed by atoms with Crippen molar-refractivity contribution in [2.45, 2.75) is 32.4 Å². The number of nitrogens with two attached hydrogens (primary N) is 1. The van der Waals surface area contributed by atoms with Crippen LogP contribution in [-0.4, -0.2) is 39.7 Å². The summed E-state index contributed by atoms with van der Waals surface area (Å²) in [5.74, 6) is -0.490. The number of benzene rings is 1. The molecule has 8 heteroatoms. The Balaban J connectivity index is 1.90. The molecule has 1 aromatic carbocycles. The van der Waals surface area contributed by atoms with Gasteiger partial charge in [0.05, 0.1) is 29.3 Å². The maximum atomic E-state index is 12.0. The van der Waals surface area contributed by atoms with E-state index in [9.17, 15) is 4.79 Å². The molecule has 0 saturated carbocycles. The van der Waals surface area contributed by atoms with Gasteiger partial charge in [0.1, 0.15) is 6.73 Å². The summed E-state index contributed by atoms with van der Waals surface area (Å²) < 4.78 is 9.44. The maximum absolute atomic E-state index is 12.0. The van der Waals surface area contributed by atoms with E-state index in [4.69, 9.17) is 10.5 Å². The quantitative estimate of drug-likeness (QED) is 0.520. The highest BCUT2D eigenvalue weighted by Crippen LogP contribution is 2.23. The number of aromatic nitrogens is 4. The summed E-state index contributed by atoms with van der Waals surface area (Å²) in [5.41, 5.74) is 8.22. The summed E-state index contributed by atoms with van der Waals surface area (Å²) in [6, 6.07) is 4.75. The van der Waals surface area contributed by atoms with Gasteiger partial charge in [0.15, 0.2) is 0 Å². The molecular weight excluding hydrogens is 334 g/mol. The van der Waals surface area contributed by atoms with Gasteiger partial charge in [0.25, 0.3) is 5.91 Å². The van der Waals surface area contributed by atoms with Gasteiger partial charge in [0.2, 0.25) is 0 Å². The second-order valence-corrected chi connectivity index (χ2v) is 12.9. The number of primary amides is 1. The SMILES string of the molecule is C[Si](C)(C)CCOCn1cnc2cc(-n3ccnc3)cc(C(N)=O)c21. The van der Waals surface area contributed by atoms with E-state index >= 15 is 0 Å². The van der Waals surface area contributed by atoms with E-state index in [0.29, 0.717) is 29.9 Å². The van der Waals surface area contributed by atoms with Crippen LogP contribution < -0.4 is 5.73 Å². The molecule has 0 fully saturated rings. The smallest absolute Gasteiger partial charge is 0.250 e. The van der Waals surface area contributed by atoms with E-state index in [1.54, 1.807) is 24.9 Å². The molecule has 2 heterocycles. The van der Waals surface area contributed by atoms with E-state index in [2.05, 4.69) is 29.6 Å². The molecule has 7 nitrogen and oxygen atoms in total. The van der Waals surface area contributed by atoms with E-state index in [-0.39, 0.29) is 0 Å². The molecule has 0 unspecified atom stereocenters. The lowest BCUT2D eigenvalue weighted by atomic mass is 10.1. The Morgan fingerprint density at radius 2 is 2.08 bits per heavy atom. The van der Waals surface area contributed by atoms with E-state index in [0.717, 1.165) is 11.7 Å². The molecule has 2 aromatic heterocycles. The van der Waals surface area contributed by atoms with Gasteiger partial charge in [0, 0.05) is 32.8 Å². The Labute approximate surface area is 147 Å². The van der Waals surface area contributed by atoms with Crippen molar-refractivity contribution in [3.8, 4) is 5.69 Å². The van der Waals surface area contributed by atoms with Gasteiger partial charge in [-0.05, 0) is 18.2 Å². The fraction of sp³-hybridized carbons (Fsp3) is 0.353. The topological polar surface area (TPSA) is 88.0 Å². The van der Waals surface area contributed by atoms with Gasteiger partial charge >= 0.3 is 0 Å². The minimum absolute atomic E-state index is 0.353. The van der Waals surface area contributed by atoms with Crippen molar-refractivity contribution < 1.29 is 9.53 Å². The predicted molar refractivity (Wildman–Crippen MR) is 99.5 cm³/mol. The van der Waals surface area contributed by atoms with Gasteiger partial charge < -0.3 is 19.6 Å². The van der Waals surface area contributed by atoms with Gasteiger partial charge in [-0.15, -0.1) is 0 Å². The van der Waals surface area contributed by atoms with Gasteiger partial charge in [-0.2, -0.15) is 0 Å². The highest BCUT2D eigenvalue weighted by Gasteiger charge is 2.16. The third kappa shape index (κ3) is 3.97. The van der Waals surface area contributed by atoms with Crippen molar-refractivity contribution in [1.82, 2.24) is 19.1 Å². The number of fused-ring (bicyclic) bond motifs is 1. The first-order valence-electron chi connectivity index (χ1n) is 8.20. The minimum Gasteiger partial charge on any atom is -0.366 e. The highest BCUT2D eigenvalue weighted by molar-refractivity contribution is 6.76. The average Bonchev–Trinajstić information content (AvgIpc) is 3.19. The summed E-state index contributed by atoms with van der Waals surface area (Å²) in [7, 11) is -1.13. The lowest BCUT2D eigenvalue weighted by Gasteiger charge is -2.16. The second-order valence-electron chi connectivity index (χ2n) is 7.26. The summed E-state index contributed by atoms with van der Waals surface area (Å²) >= 11 is 0. The molecule has 1 amide bonds. The maximum Gasteiger partial charge on any atom is 0.250 e. The van der Waals surface area contributed by atoms with Crippen LogP contribution >= 0.6 is 0 Å². The normalized spacial score (nSPS) is 12.0. The molecule has 0 aliphatic carbocycles. The average molecular weight is 357 g/mol. The monoisotopic (exact) mass is 357 g/mol. The third-order valence-electron chi connectivity index (χ3n) is 3.99. The molecule has 132 valence electrons. The standard InChI is InChI=1S/C17H23N5O2Si/c1-25(2,3)7-6-24-12-22-11-20-15-9-13(21-5-4-19-10-21)8-14(16(15)22)17(18)23/h4-5,8-11H,6-7,12H2,1-3H3,(H2,18,23). The molecule has 0 spiro atoms. The molecule has 0 saturated heterocycles. The lowest BCUT2D eigenvalue weighted by Crippen LogP contribution is -2.22. The number of carbonyl (C=O) groups is 1. The first-order valence-corrected chi connectivity index (χ1v) is 11.9. The van der Waals surface area contributed by atoms with Crippen LogP contribution in [0.5, 0.6) is 0 Å². The van der Waals surface area contributed by atoms with Crippen LogP contribution in [0.1, 0.15) is 10.4 Å². The number of hydrogen-bond acceptors (Lipinski definition) is 4. The number of amides is 1. The van der Waals surface area contributed by atoms with Crippen LogP contribution in [0.2, 0.25) is 25.7 Å². The summed E-state index contributed by atoms with van der Waals surface area (Å²) in [4.78, 5) is 20.4. The number of nitrogens with zero attached hydrogens (tertiary/aromatic N) is 4. The third-order valence-corrected chi connectivity index (χ3v) is 5.70. The Morgan fingerprint density at radius 1 is 1.28 bits per heavy atom. The van der Waals surface area contributed by atoms with Gasteiger partial charge in [-0.25, -0.2) is 9.97 Å². The predicted octanol–water partition coefficient (Wildman–Crippen LogP) is 2.63. The van der Waals surface area contributed by atoms with Crippen LogP contribution in [0.25, 0.3) is 16.7 Å². The Morgan fingerprint density at radius 3 is 2.72 bits per heavy atom. The lowest BCUT2D eigenvalue weighted by molar-refractivity contribution is 0.0895. The van der Waals surface area contributed by atoms with Crippen molar-refractivity contribution in [2.75, 3.05) is 6.61 Å². The van der Waals surface area contributed by atoms with E-state index in [1.807, 2.05) is 21.4 Å². The number of ether oxygens (including phenoxy) is 1. The Bertz CT molecular complexity index is 880. The van der Waals surface area contributed by atoms with Crippen LogP contribution in [-0.2, 0) is 11.5 Å². The number of hydrogen-bond donors (Lipinski definition) is 1. The summed E-state index contributed by atoms with van der Waals surface area (Å²) in [6.45, 7) is 7.99. The highest BCUT2D eigenvalue weighted by atomic mass is 28.3. The van der Waals surface area contributed by atoms with Gasteiger partial charge in [-0.1, -0.05) is 19.6 Å². The first-order chi connectivity index (χ1) is 11.8. The van der Waals surface area contributed by atoms with Crippen molar-refractivity contribution in [2.24, 2.45) is 5.73 Å². The fourth-order valence-electron chi connectivity index (χ4n) is 2.58. The van der Waals surface area contributed by atoms with E-state index in [1.165, 1.54) is 0 Å². The van der Waals surface area contributed by atoms with Gasteiger partial charge in [-0.3, -0.25) is 4.79 Å². The molecule has 0 aliphatic heterocycles. The van der Waals surface area contributed by atoms with Crippen molar-refractivity contribution in [1.29, 1.82) is 0 Å². The van der Waals surface area contributed by atoms with Crippen molar-refractivity contribution in [3.63, 3.8) is 0 Å². The number of carbonyl (C=O) groups excluding carboxylic acids is 1. The zero-order valence-electron chi connectivity index (χ0n) is 14.8. The molecular formula is C17H23N5O2Si. The molecule has 3 rings (SSSR count). The number of rotatable bonds is 7. The molecule has 25 heavy (non-hydrogen) atoms. The van der Waals surface area contributed by atoms with Crippen molar-refractivity contribution in [3.05, 3.63) is 42.7 Å². The van der Waals surface area contributed by atoms with Crippen LogP contribution in [0.3, 0.4) is 0 Å². The number of imidazole rings is 2. The molecule has 0 atom stereocenters. The Kier molecular flexibility index (Phi) is 4.73. The second kappa shape index (κ2) is 6.81. The molecule has 2 N–H and O–H groups in total. The van der Waals surface area contributed by atoms with Crippen LogP contribution in [0, 0.1) is 0 Å². The van der Waals surface area contributed by atoms with Crippen LogP contribution in [0.4, 0.5) is 0 Å². The van der Waals surface area contributed by atoms with E-state index < -0.39 is 14.0 Å². The zero-order chi connectivity index (χ0) is 18.0. The molecule has 0 bridgehead atoms. The Hall–Kier alpha value is -2.45. The largest absolute Gasteiger partial charge is 0.366 e. The van der Waals surface area contributed by atoms with Crippen LogP contribution in [0.15, 0.2) is 37.2 Å². The minimum atomic E-state index is -1.13. The zero-order valence-corrected chi connectivity index (χ0v) is 15.8. The molecule has 0 aliphatic rings. The summed E-state index contributed by atoms with van der Waals surface area (Å²) in [6.07, 6.45) is 6.84.